The number of rotatable bonds is 8. The Hall–Kier alpha value is -3.39. The molecule has 2 aromatic carbocycles. The molecule has 35 heavy (non-hydrogen) atoms. The Morgan fingerprint density at radius 2 is 1.69 bits per heavy atom. The topological polar surface area (TPSA) is 84.0 Å². The number of hydrazine groups is 1. The lowest BCUT2D eigenvalue weighted by atomic mass is 9.96. The van der Waals surface area contributed by atoms with Crippen LogP contribution in [0.25, 0.3) is 0 Å². The fourth-order valence-corrected chi connectivity index (χ4v) is 3.13. The Kier molecular flexibility index (Phi) is 8.17. The molecule has 2 aromatic rings. The number of hydrogen-bond acceptors (Lipinski definition) is 6. The second-order valence-corrected chi connectivity index (χ2v) is 7.40. The van der Waals surface area contributed by atoms with E-state index in [4.69, 9.17) is 0 Å². The Morgan fingerprint density at radius 1 is 1.03 bits per heavy atom. The van der Waals surface area contributed by atoms with Crippen LogP contribution in [-0.2, 0) is 0 Å². The molecule has 0 aliphatic carbocycles. The minimum atomic E-state index is -4.71. The van der Waals surface area contributed by atoms with Gasteiger partial charge < -0.3 is 9.47 Å². The molecule has 1 aliphatic heterocycles. The van der Waals surface area contributed by atoms with Crippen molar-refractivity contribution < 1.29 is 45.0 Å². The summed E-state index contributed by atoms with van der Waals surface area (Å²) < 4.78 is 97.2. The van der Waals surface area contributed by atoms with Crippen molar-refractivity contribution in [1.82, 2.24) is 16.3 Å². The van der Waals surface area contributed by atoms with Gasteiger partial charge in [-0.25, -0.2) is 15.2 Å². The fraction of sp³-hybridized carbons (Fsp3) is 0.333. The van der Waals surface area contributed by atoms with Gasteiger partial charge in [-0.05, 0) is 35.9 Å². The Bertz CT molecular complexity index is 1040. The van der Waals surface area contributed by atoms with E-state index in [2.05, 4.69) is 30.9 Å². The molecular weight excluding hydrogens is 489 g/mol. The maximum Gasteiger partial charge on any atom is 0.422 e. The van der Waals surface area contributed by atoms with Gasteiger partial charge in [-0.15, -0.1) is 0 Å². The van der Waals surface area contributed by atoms with Crippen LogP contribution in [0.5, 0.6) is 11.5 Å². The first-order valence-corrected chi connectivity index (χ1v) is 10.0. The van der Waals surface area contributed by atoms with Gasteiger partial charge in [0.05, 0.1) is 11.6 Å². The van der Waals surface area contributed by atoms with Crippen LogP contribution in [0.1, 0.15) is 22.0 Å². The zero-order chi connectivity index (χ0) is 25.6. The molecule has 14 heteroatoms. The predicted octanol–water partition coefficient (Wildman–Crippen LogP) is 3.89. The number of carbonyl (C=O) groups excluding carboxylic acids is 1. The second kappa shape index (κ2) is 10.9. The molecule has 2 atom stereocenters. The number of hydrazone groups is 1. The van der Waals surface area contributed by atoms with E-state index < -0.39 is 54.4 Å². The van der Waals surface area contributed by atoms with E-state index in [0.717, 1.165) is 23.8 Å². The van der Waals surface area contributed by atoms with Crippen LogP contribution < -0.4 is 25.8 Å². The highest BCUT2D eigenvalue weighted by Crippen LogP contribution is 2.28. The molecule has 0 aromatic heterocycles. The number of alkyl halides is 6. The van der Waals surface area contributed by atoms with Crippen LogP contribution in [0.2, 0.25) is 0 Å². The molecule has 1 fully saturated rings. The summed E-state index contributed by atoms with van der Waals surface area (Å²) in [4.78, 5) is 12.6. The first kappa shape index (κ1) is 26.2. The van der Waals surface area contributed by atoms with Gasteiger partial charge in [0, 0.05) is 18.7 Å². The highest BCUT2D eigenvalue weighted by atomic mass is 19.4. The number of nitrogens with one attached hydrogen (secondary N) is 3. The summed E-state index contributed by atoms with van der Waals surface area (Å²) in [7, 11) is 0. The molecule has 0 spiro atoms. The van der Waals surface area contributed by atoms with Crippen LogP contribution in [0, 0.1) is 11.7 Å². The molecule has 0 radical (unpaired) electrons. The monoisotopic (exact) mass is 508 g/mol. The molecule has 3 N–H and O–H groups in total. The first-order chi connectivity index (χ1) is 16.4. The highest BCUT2D eigenvalue weighted by Gasteiger charge is 2.31. The van der Waals surface area contributed by atoms with Crippen LogP contribution in [0.3, 0.4) is 0 Å². The van der Waals surface area contributed by atoms with E-state index in [0.29, 0.717) is 6.54 Å². The lowest BCUT2D eigenvalue weighted by molar-refractivity contribution is -0.154. The molecule has 190 valence electrons. The third-order valence-electron chi connectivity index (χ3n) is 4.67. The SMILES string of the molecule is O=C(N/N=C/C1CNNC1c1ccc(F)cc1)c1cc(OCC(F)(F)F)ccc1OCC(F)(F)F. The quantitative estimate of drug-likeness (QED) is 0.286. The molecule has 7 nitrogen and oxygen atoms in total. The number of ether oxygens (including phenoxy) is 2. The molecule has 3 rings (SSSR count). The Balaban J connectivity index is 1.72. The van der Waals surface area contributed by atoms with E-state index in [1.165, 1.54) is 18.3 Å². The number of benzene rings is 2. The third kappa shape index (κ3) is 8.10. The zero-order valence-electron chi connectivity index (χ0n) is 17.7. The number of halogens is 7. The van der Waals surface area contributed by atoms with E-state index >= 15 is 0 Å². The molecule has 1 heterocycles. The molecule has 1 amide bonds. The molecule has 0 bridgehead atoms. The van der Waals surface area contributed by atoms with Crippen molar-refractivity contribution >= 4 is 12.1 Å². The van der Waals surface area contributed by atoms with E-state index in [-0.39, 0.29) is 12.0 Å². The summed E-state index contributed by atoms with van der Waals surface area (Å²) in [5.41, 5.74) is 8.21. The molecule has 1 aliphatic rings. The predicted molar refractivity (Wildman–Crippen MR) is 109 cm³/mol. The Morgan fingerprint density at radius 3 is 2.34 bits per heavy atom. The molecule has 2 unspecified atom stereocenters. The van der Waals surface area contributed by atoms with Gasteiger partial charge in [0.1, 0.15) is 17.3 Å². The third-order valence-corrected chi connectivity index (χ3v) is 4.67. The smallest absolute Gasteiger partial charge is 0.422 e. The zero-order valence-corrected chi connectivity index (χ0v) is 17.7. The van der Waals surface area contributed by atoms with Gasteiger partial charge in [0.25, 0.3) is 5.91 Å². The van der Waals surface area contributed by atoms with Crippen LogP contribution >= 0.6 is 0 Å². The first-order valence-electron chi connectivity index (χ1n) is 10.0. The summed E-state index contributed by atoms with van der Waals surface area (Å²) in [6, 6.07) is 8.03. The number of nitrogens with zero attached hydrogens (tertiary/aromatic N) is 1. The van der Waals surface area contributed by atoms with E-state index in [1.54, 1.807) is 12.1 Å². The van der Waals surface area contributed by atoms with Crippen molar-refractivity contribution in [2.75, 3.05) is 19.8 Å². The van der Waals surface area contributed by atoms with Gasteiger partial charge in [0.15, 0.2) is 13.2 Å². The van der Waals surface area contributed by atoms with Crippen molar-refractivity contribution in [3.8, 4) is 11.5 Å². The minimum Gasteiger partial charge on any atom is -0.484 e. The highest BCUT2D eigenvalue weighted by molar-refractivity contribution is 5.97. The molecular formula is C21H19F7N4O3. The average Bonchev–Trinajstić information content (AvgIpc) is 3.24. The van der Waals surface area contributed by atoms with Crippen molar-refractivity contribution in [2.45, 2.75) is 18.4 Å². The van der Waals surface area contributed by atoms with Crippen molar-refractivity contribution in [3.63, 3.8) is 0 Å². The lowest BCUT2D eigenvalue weighted by Crippen LogP contribution is -2.25. The summed E-state index contributed by atoms with van der Waals surface area (Å²) in [5, 5.41) is 3.81. The normalized spacial score (nSPS) is 18.6. The van der Waals surface area contributed by atoms with Gasteiger partial charge in [0.2, 0.25) is 0 Å². The summed E-state index contributed by atoms with van der Waals surface area (Å²) in [6.07, 6.45) is -8.02. The maximum atomic E-state index is 13.2. The van der Waals surface area contributed by atoms with Gasteiger partial charge >= 0.3 is 12.4 Å². The summed E-state index contributed by atoms with van der Waals surface area (Å²) in [5.74, 6) is -2.68. The van der Waals surface area contributed by atoms with Crippen LogP contribution in [-0.4, -0.2) is 44.2 Å². The van der Waals surface area contributed by atoms with Crippen LogP contribution in [0.15, 0.2) is 47.6 Å². The van der Waals surface area contributed by atoms with Gasteiger partial charge in [-0.3, -0.25) is 10.2 Å². The van der Waals surface area contributed by atoms with E-state index in [1.807, 2.05) is 0 Å². The second-order valence-electron chi connectivity index (χ2n) is 7.40. The van der Waals surface area contributed by atoms with E-state index in [9.17, 15) is 35.5 Å². The largest absolute Gasteiger partial charge is 0.484 e. The maximum absolute atomic E-state index is 13.2. The standard InChI is InChI=1S/C21H19F7N4O3/c22-14-3-1-12(2-4-14)18-13(8-29-31-18)9-30-32-19(33)16-7-15(34-10-20(23,24)25)5-6-17(16)35-11-21(26,27)28/h1-7,9,13,18,29,31H,8,10-11H2,(H,32,33)/b30-9+. The Labute approximate surface area is 194 Å². The van der Waals surface area contributed by atoms with Crippen LogP contribution in [0.4, 0.5) is 30.7 Å². The summed E-state index contributed by atoms with van der Waals surface area (Å²) >= 11 is 0. The molecule has 1 saturated heterocycles. The fourth-order valence-electron chi connectivity index (χ4n) is 3.13. The number of amides is 1. The number of carbonyl (C=O) groups is 1. The van der Waals surface area contributed by atoms with Gasteiger partial charge in [-0.2, -0.15) is 31.4 Å². The van der Waals surface area contributed by atoms with Gasteiger partial charge in [-0.1, -0.05) is 12.1 Å². The minimum absolute atomic E-state index is 0.303. The average molecular weight is 508 g/mol. The van der Waals surface area contributed by atoms with Crippen molar-refractivity contribution in [3.05, 3.63) is 59.4 Å². The van der Waals surface area contributed by atoms with Crippen molar-refractivity contribution in [1.29, 1.82) is 0 Å². The lowest BCUT2D eigenvalue weighted by Gasteiger charge is -2.16. The number of hydrogen-bond donors (Lipinski definition) is 3. The molecule has 0 saturated carbocycles. The van der Waals surface area contributed by atoms with Crippen molar-refractivity contribution in [2.24, 2.45) is 11.0 Å². The summed E-state index contributed by atoms with van der Waals surface area (Å²) in [6.45, 7) is -3.00.